The Morgan fingerprint density at radius 3 is 2.85 bits per heavy atom. The normalized spacial score (nSPS) is 10.0. The van der Waals surface area contributed by atoms with E-state index in [9.17, 15) is 9.18 Å². The smallest absolute Gasteiger partial charge is 0.336 e. The van der Waals surface area contributed by atoms with Gasteiger partial charge in [0.15, 0.2) is 0 Å². The monoisotopic (exact) mass is 184 g/mol. The fraction of sp³-hybridized carbons (Fsp3) is 0.222. The lowest BCUT2D eigenvalue weighted by Crippen LogP contribution is -2.03. The summed E-state index contributed by atoms with van der Waals surface area (Å²) in [7, 11) is 1.45. The van der Waals surface area contributed by atoms with Crippen molar-refractivity contribution < 1.29 is 19.0 Å². The van der Waals surface area contributed by atoms with E-state index in [0.29, 0.717) is 5.56 Å². The van der Waals surface area contributed by atoms with E-state index in [2.05, 4.69) is 0 Å². The number of hydrogen-bond donors (Lipinski definition) is 1. The molecule has 4 heteroatoms. The predicted octanol–water partition coefficient (Wildman–Crippen LogP) is 1.67. The average molecular weight is 184 g/mol. The molecule has 1 aromatic carbocycles. The van der Waals surface area contributed by atoms with Crippen LogP contribution in [0.5, 0.6) is 0 Å². The quantitative estimate of drug-likeness (QED) is 0.777. The molecular weight excluding hydrogens is 175 g/mol. The molecule has 0 aliphatic rings. The summed E-state index contributed by atoms with van der Waals surface area (Å²) in [6, 6.07) is 3.60. The maximum atomic E-state index is 12.6. The van der Waals surface area contributed by atoms with Gasteiger partial charge in [0.05, 0.1) is 12.2 Å². The van der Waals surface area contributed by atoms with Crippen LogP contribution in [-0.4, -0.2) is 18.2 Å². The SMILES string of the molecule is COCc1ccc(F)cc1C(=O)O. The van der Waals surface area contributed by atoms with Crippen molar-refractivity contribution in [2.75, 3.05) is 7.11 Å². The number of hydrogen-bond acceptors (Lipinski definition) is 2. The maximum Gasteiger partial charge on any atom is 0.336 e. The molecule has 0 spiro atoms. The zero-order chi connectivity index (χ0) is 9.84. The minimum atomic E-state index is -1.15. The zero-order valence-electron chi connectivity index (χ0n) is 7.08. The molecule has 0 amide bonds. The van der Waals surface area contributed by atoms with Crippen LogP contribution in [0.15, 0.2) is 18.2 Å². The Hall–Kier alpha value is -1.42. The standard InChI is InChI=1S/C9H9FO3/c1-13-5-6-2-3-7(10)4-8(6)9(11)12/h2-4H,5H2,1H3,(H,11,12). The van der Waals surface area contributed by atoms with E-state index in [-0.39, 0.29) is 12.2 Å². The van der Waals surface area contributed by atoms with Crippen LogP contribution in [0.4, 0.5) is 4.39 Å². The summed E-state index contributed by atoms with van der Waals surface area (Å²) in [5, 5.41) is 8.69. The molecule has 0 radical (unpaired) electrons. The van der Waals surface area contributed by atoms with Crippen LogP contribution in [-0.2, 0) is 11.3 Å². The van der Waals surface area contributed by atoms with Crippen LogP contribution < -0.4 is 0 Å². The lowest BCUT2D eigenvalue weighted by atomic mass is 10.1. The molecule has 70 valence electrons. The number of benzene rings is 1. The zero-order valence-corrected chi connectivity index (χ0v) is 7.08. The van der Waals surface area contributed by atoms with Gasteiger partial charge in [-0.3, -0.25) is 0 Å². The van der Waals surface area contributed by atoms with Gasteiger partial charge >= 0.3 is 5.97 Å². The molecule has 0 heterocycles. The third-order valence-corrected chi connectivity index (χ3v) is 1.60. The Kier molecular flexibility index (Phi) is 2.97. The topological polar surface area (TPSA) is 46.5 Å². The molecule has 1 rings (SSSR count). The Morgan fingerprint density at radius 2 is 2.31 bits per heavy atom. The molecule has 0 aliphatic heterocycles. The van der Waals surface area contributed by atoms with Gasteiger partial charge in [0.2, 0.25) is 0 Å². The molecule has 1 N–H and O–H groups in total. The molecule has 0 saturated heterocycles. The van der Waals surface area contributed by atoms with E-state index < -0.39 is 11.8 Å². The number of carboxylic acid groups (broad SMARTS) is 1. The molecular formula is C9H9FO3. The van der Waals surface area contributed by atoms with E-state index in [1.807, 2.05) is 0 Å². The first-order valence-electron chi connectivity index (χ1n) is 3.66. The first-order chi connectivity index (χ1) is 6.15. The Morgan fingerprint density at radius 1 is 1.62 bits per heavy atom. The van der Waals surface area contributed by atoms with E-state index >= 15 is 0 Å². The van der Waals surface area contributed by atoms with Gasteiger partial charge in [-0.15, -0.1) is 0 Å². The van der Waals surface area contributed by atoms with Crippen LogP contribution in [0.25, 0.3) is 0 Å². The van der Waals surface area contributed by atoms with Crippen molar-refractivity contribution in [3.8, 4) is 0 Å². The molecule has 0 aliphatic carbocycles. The highest BCUT2D eigenvalue weighted by Gasteiger charge is 2.10. The third kappa shape index (κ3) is 2.26. The van der Waals surface area contributed by atoms with Crippen LogP contribution >= 0.6 is 0 Å². The summed E-state index contributed by atoms with van der Waals surface area (Å²) in [6.07, 6.45) is 0. The molecule has 1 aromatic rings. The van der Waals surface area contributed by atoms with Gasteiger partial charge in [0.25, 0.3) is 0 Å². The van der Waals surface area contributed by atoms with Gasteiger partial charge in [0.1, 0.15) is 5.82 Å². The second-order valence-electron chi connectivity index (χ2n) is 2.54. The first kappa shape index (κ1) is 9.67. The number of halogens is 1. The summed E-state index contributed by atoms with van der Waals surface area (Å²) < 4.78 is 17.4. The van der Waals surface area contributed by atoms with Crippen LogP contribution in [0.1, 0.15) is 15.9 Å². The van der Waals surface area contributed by atoms with Crippen LogP contribution in [0.2, 0.25) is 0 Å². The number of carboxylic acids is 1. The van der Waals surface area contributed by atoms with Gasteiger partial charge in [0, 0.05) is 7.11 Å². The highest BCUT2D eigenvalue weighted by molar-refractivity contribution is 5.89. The van der Waals surface area contributed by atoms with Crippen LogP contribution in [0.3, 0.4) is 0 Å². The molecule has 0 fully saturated rings. The van der Waals surface area contributed by atoms with E-state index in [0.717, 1.165) is 6.07 Å². The Balaban J connectivity index is 3.10. The number of ether oxygens (including phenoxy) is 1. The van der Waals surface area contributed by atoms with E-state index in [1.54, 1.807) is 0 Å². The second-order valence-corrected chi connectivity index (χ2v) is 2.54. The number of methoxy groups -OCH3 is 1. The van der Waals surface area contributed by atoms with Crippen molar-refractivity contribution in [3.63, 3.8) is 0 Å². The van der Waals surface area contributed by atoms with Gasteiger partial charge < -0.3 is 9.84 Å². The van der Waals surface area contributed by atoms with Crippen molar-refractivity contribution in [3.05, 3.63) is 35.1 Å². The fourth-order valence-corrected chi connectivity index (χ4v) is 1.03. The predicted molar refractivity (Wildman–Crippen MR) is 44.1 cm³/mol. The van der Waals surface area contributed by atoms with Crippen molar-refractivity contribution in [2.45, 2.75) is 6.61 Å². The summed E-state index contributed by atoms with van der Waals surface area (Å²) in [4.78, 5) is 10.6. The van der Waals surface area contributed by atoms with E-state index in [1.165, 1.54) is 19.2 Å². The Labute approximate surface area is 74.8 Å². The number of aromatic carboxylic acids is 1. The Bertz CT molecular complexity index is 323. The minimum Gasteiger partial charge on any atom is -0.478 e. The van der Waals surface area contributed by atoms with Crippen LogP contribution in [0, 0.1) is 5.82 Å². The minimum absolute atomic E-state index is 0.0538. The molecule has 0 unspecified atom stereocenters. The first-order valence-corrected chi connectivity index (χ1v) is 3.66. The number of rotatable bonds is 3. The summed E-state index contributed by atoms with van der Waals surface area (Å²) in [5.41, 5.74) is 0.415. The van der Waals surface area contributed by atoms with Gasteiger partial charge in [-0.1, -0.05) is 6.07 Å². The lowest BCUT2D eigenvalue weighted by molar-refractivity contribution is 0.0691. The van der Waals surface area contributed by atoms with Gasteiger partial charge in [-0.25, -0.2) is 9.18 Å². The fourth-order valence-electron chi connectivity index (χ4n) is 1.03. The largest absolute Gasteiger partial charge is 0.478 e. The maximum absolute atomic E-state index is 12.6. The summed E-state index contributed by atoms with van der Waals surface area (Å²) >= 11 is 0. The second kappa shape index (κ2) is 4.00. The summed E-state index contributed by atoms with van der Waals surface area (Å²) in [6.45, 7) is 0.169. The highest BCUT2D eigenvalue weighted by Crippen LogP contribution is 2.12. The van der Waals surface area contributed by atoms with Crippen molar-refractivity contribution in [2.24, 2.45) is 0 Å². The highest BCUT2D eigenvalue weighted by atomic mass is 19.1. The van der Waals surface area contributed by atoms with Crippen molar-refractivity contribution in [1.29, 1.82) is 0 Å². The summed E-state index contributed by atoms with van der Waals surface area (Å²) in [5.74, 6) is -1.70. The number of carbonyl (C=O) groups is 1. The molecule has 13 heavy (non-hydrogen) atoms. The molecule has 3 nitrogen and oxygen atoms in total. The third-order valence-electron chi connectivity index (χ3n) is 1.60. The molecule has 0 aromatic heterocycles. The van der Waals surface area contributed by atoms with Crippen molar-refractivity contribution in [1.82, 2.24) is 0 Å². The molecule has 0 atom stereocenters. The molecule has 0 saturated carbocycles. The molecule has 0 bridgehead atoms. The van der Waals surface area contributed by atoms with Gasteiger partial charge in [-0.2, -0.15) is 0 Å². The lowest BCUT2D eigenvalue weighted by Gasteiger charge is -2.04. The van der Waals surface area contributed by atoms with Crippen molar-refractivity contribution >= 4 is 5.97 Å². The average Bonchev–Trinajstić information content (AvgIpc) is 2.08. The van der Waals surface area contributed by atoms with Gasteiger partial charge in [-0.05, 0) is 17.7 Å². The van der Waals surface area contributed by atoms with E-state index in [4.69, 9.17) is 9.84 Å².